The summed E-state index contributed by atoms with van der Waals surface area (Å²) >= 11 is 0. The Bertz CT molecular complexity index is 592. The minimum Gasteiger partial charge on any atom is -0.327 e. The molecule has 0 aromatic carbocycles. The minimum atomic E-state index is -0.579. The lowest BCUT2D eigenvalue weighted by atomic mass is 10.1. The molecule has 2 unspecified atom stereocenters. The highest BCUT2D eigenvalue weighted by Crippen LogP contribution is 2.30. The second kappa shape index (κ2) is 6.31. The third-order valence-corrected chi connectivity index (χ3v) is 5.10. The minimum absolute atomic E-state index is 0.158. The van der Waals surface area contributed by atoms with Crippen molar-refractivity contribution in [3.05, 3.63) is 11.8 Å². The molecular weight excluding hydrogens is 294 g/mol. The molecular formula is C16H25N5O2. The normalized spacial score (nSPS) is 24.6. The topological polar surface area (TPSA) is 70.5 Å². The summed E-state index contributed by atoms with van der Waals surface area (Å²) in [6.45, 7) is 6.90. The van der Waals surface area contributed by atoms with Crippen molar-refractivity contribution in [2.75, 3.05) is 25.0 Å². The number of likely N-dealkylation sites (N-methyl/N-ethyl adjacent to an activating group) is 1. The first-order valence-electron chi connectivity index (χ1n) is 8.36. The number of nitrogens with one attached hydrogen (secondary N) is 1. The number of amides is 2. The zero-order chi connectivity index (χ0) is 16.6. The van der Waals surface area contributed by atoms with Crippen molar-refractivity contribution in [2.45, 2.75) is 45.2 Å². The number of hydrogen-bond donors (Lipinski definition) is 1. The first-order chi connectivity index (χ1) is 11.0. The molecule has 2 amide bonds. The Morgan fingerprint density at radius 3 is 2.70 bits per heavy atom. The number of rotatable bonds is 2. The number of likely N-dealkylation sites (tertiary alicyclic amines) is 1. The maximum absolute atomic E-state index is 12.7. The fourth-order valence-corrected chi connectivity index (χ4v) is 3.67. The molecule has 2 saturated heterocycles. The van der Waals surface area contributed by atoms with Gasteiger partial charge < -0.3 is 15.1 Å². The molecule has 2 atom stereocenters. The molecule has 0 spiro atoms. The molecule has 7 heteroatoms. The van der Waals surface area contributed by atoms with Crippen LogP contribution in [0, 0.1) is 6.92 Å². The van der Waals surface area contributed by atoms with Gasteiger partial charge in [-0.05, 0) is 32.7 Å². The van der Waals surface area contributed by atoms with Gasteiger partial charge in [-0.3, -0.25) is 14.3 Å². The van der Waals surface area contributed by atoms with E-state index in [9.17, 15) is 9.59 Å². The molecule has 23 heavy (non-hydrogen) atoms. The predicted molar refractivity (Wildman–Crippen MR) is 87.0 cm³/mol. The second-order valence-electron chi connectivity index (χ2n) is 6.53. The van der Waals surface area contributed by atoms with E-state index >= 15 is 0 Å². The van der Waals surface area contributed by atoms with Crippen LogP contribution in [0.4, 0.5) is 5.82 Å². The molecule has 3 heterocycles. The Balaban J connectivity index is 1.70. The maximum atomic E-state index is 12.7. The van der Waals surface area contributed by atoms with Crippen LogP contribution < -0.4 is 5.32 Å². The van der Waals surface area contributed by atoms with E-state index in [0.717, 1.165) is 44.6 Å². The average molecular weight is 319 g/mol. The van der Waals surface area contributed by atoms with E-state index in [4.69, 9.17) is 0 Å². The summed E-state index contributed by atoms with van der Waals surface area (Å²) in [5, 5.41) is 6.82. The lowest BCUT2D eigenvalue weighted by molar-refractivity contribution is -0.145. The summed E-state index contributed by atoms with van der Waals surface area (Å²) in [5.41, 5.74) is 0.932. The van der Waals surface area contributed by atoms with Crippen LogP contribution in [-0.2, 0) is 16.6 Å². The third kappa shape index (κ3) is 3.10. The highest BCUT2D eigenvalue weighted by molar-refractivity contribution is 6.39. The monoisotopic (exact) mass is 319 g/mol. The first kappa shape index (κ1) is 16.0. The fourth-order valence-electron chi connectivity index (χ4n) is 3.67. The summed E-state index contributed by atoms with van der Waals surface area (Å²) in [7, 11) is 1.81. The first-order valence-corrected chi connectivity index (χ1v) is 8.36. The van der Waals surface area contributed by atoms with Gasteiger partial charge in [-0.2, -0.15) is 5.10 Å². The smallest absolute Gasteiger partial charge is 0.315 e. The van der Waals surface area contributed by atoms with Crippen molar-refractivity contribution in [1.82, 2.24) is 19.6 Å². The van der Waals surface area contributed by atoms with Gasteiger partial charge in [0.25, 0.3) is 0 Å². The Morgan fingerprint density at radius 1 is 1.30 bits per heavy atom. The molecule has 2 fully saturated rings. The molecule has 0 aliphatic carbocycles. The van der Waals surface area contributed by atoms with Gasteiger partial charge in [-0.1, -0.05) is 6.92 Å². The SMILES string of the molecule is CCN1CCC2CCC(C1)N2C(=O)C(=O)Nc1cc(C)n(C)n1. The van der Waals surface area contributed by atoms with Crippen LogP contribution in [0.15, 0.2) is 6.07 Å². The molecule has 2 aliphatic rings. The van der Waals surface area contributed by atoms with Gasteiger partial charge in [0, 0.05) is 44.0 Å². The van der Waals surface area contributed by atoms with E-state index in [1.165, 1.54) is 0 Å². The summed E-state index contributed by atoms with van der Waals surface area (Å²) in [5.74, 6) is -0.565. The van der Waals surface area contributed by atoms with Crippen LogP contribution in [0.2, 0.25) is 0 Å². The van der Waals surface area contributed by atoms with Gasteiger partial charge in [0.1, 0.15) is 0 Å². The molecule has 2 bridgehead atoms. The van der Waals surface area contributed by atoms with Crippen molar-refractivity contribution in [1.29, 1.82) is 0 Å². The quantitative estimate of drug-likeness (QED) is 0.817. The van der Waals surface area contributed by atoms with E-state index in [0.29, 0.717) is 5.82 Å². The molecule has 126 valence electrons. The molecule has 0 saturated carbocycles. The lowest BCUT2D eigenvalue weighted by Crippen LogP contribution is -2.47. The Kier molecular flexibility index (Phi) is 4.39. The molecule has 2 aliphatic heterocycles. The zero-order valence-corrected chi connectivity index (χ0v) is 14.1. The number of hydrogen-bond acceptors (Lipinski definition) is 4. The van der Waals surface area contributed by atoms with Crippen molar-refractivity contribution >= 4 is 17.6 Å². The fraction of sp³-hybridized carbons (Fsp3) is 0.688. The number of aromatic nitrogens is 2. The zero-order valence-electron chi connectivity index (χ0n) is 14.1. The lowest BCUT2D eigenvalue weighted by Gasteiger charge is -2.28. The van der Waals surface area contributed by atoms with Crippen LogP contribution in [0.25, 0.3) is 0 Å². The van der Waals surface area contributed by atoms with E-state index in [1.807, 2.05) is 11.8 Å². The molecule has 7 nitrogen and oxygen atoms in total. The van der Waals surface area contributed by atoms with Gasteiger partial charge in [0.2, 0.25) is 0 Å². The van der Waals surface area contributed by atoms with Crippen LogP contribution in [0.3, 0.4) is 0 Å². The maximum Gasteiger partial charge on any atom is 0.315 e. The Morgan fingerprint density at radius 2 is 2.04 bits per heavy atom. The van der Waals surface area contributed by atoms with Gasteiger partial charge in [-0.15, -0.1) is 0 Å². The number of anilines is 1. The van der Waals surface area contributed by atoms with E-state index in [2.05, 4.69) is 22.2 Å². The third-order valence-electron chi connectivity index (χ3n) is 5.10. The molecule has 3 rings (SSSR count). The number of carbonyl (C=O) groups excluding carboxylic acids is 2. The van der Waals surface area contributed by atoms with Crippen LogP contribution in [-0.4, -0.2) is 63.1 Å². The van der Waals surface area contributed by atoms with Gasteiger partial charge in [0.05, 0.1) is 0 Å². The summed E-state index contributed by atoms with van der Waals surface area (Å²) in [6, 6.07) is 2.12. The summed E-state index contributed by atoms with van der Waals surface area (Å²) in [6.07, 6.45) is 2.94. The number of aryl methyl sites for hydroxylation is 2. The molecule has 1 aromatic heterocycles. The number of nitrogens with zero attached hydrogens (tertiary/aromatic N) is 4. The van der Waals surface area contributed by atoms with Gasteiger partial charge in [-0.25, -0.2) is 0 Å². The molecule has 1 aromatic rings. The predicted octanol–water partition coefficient (Wildman–Crippen LogP) is 0.752. The van der Waals surface area contributed by atoms with E-state index in [1.54, 1.807) is 17.8 Å². The summed E-state index contributed by atoms with van der Waals surface area (Å²) < 4.78 is 1.68. The second-order valence-corrected chi connectivity index (χ2v) is 6.53. The van der Waals surface area contributed by atoms with Crippen LogP contribution >= 0.6 is 0 Å². The molecule has 0 radical (unpaired) electrons. The van der Waals surface area contributed by atoms with Gasteiger partial charge >= 0.3 is 11.8 Å². The van der Waals surface area contributed by atoms with Crippen molar-refractivity contribution in [3.8, 4) is 0 Å². The van der Waals surface area contributed by atoms with Crippen LogP contribution in [0.5, 0.6) is 0 Å². The van der Waals surface area contributed by atoms with Crippen LogP contribution in [0.1, 0.15) is 31.9 Å². The van der Waals surface area contributed by atoms with E-state index < -0.39 is 11.8 Å². The van der Waals surface area contributed by atoms with Gasteiger partial charge in [0.15, 0.2) is 5.82 Å². The molecule has 1 N–H and O–H groups in total. The number of carbonyl (C=O) groups is 2. The summed E-state index contributed by atoms with van der Waals surface area (Å²) in [4.78, 5) is 29.2. The Labute approximate surface area is 136 Å². The highest BCUT2D eigenvalue weighted by atomic mass is 16.2. The largest absolute Gasteiger partial charge is 0.327 e. The van der Waals surface area contributed by atoms with Crippen molar-refractivity contribution < 1.29 is 9.59 Å². The van der Waals surface area contributed by atoms with E-state index in [-0.39, 0.29) is 12.1 Å². The Hall–Kier alpha value is -1.89. The standard InChI is InChI=1S/C16H25N5O2/c1-4-20-8-7-12-5-6-13(10-20)21(12)16(23)15(22)17-14-9-11(2)19(3)18-14/h9,12-13H,4-8,10H2,1-3H3,(H,17,18,22). The average Bonchev–Trinajstić information content (AvgIpc) is 2.97. The number of fused-ring (bicyclic) bond motifs is 2. The van der Waals surface area contributed by atoms with Crippen molar-refractivity contribution in [3.63, 3.8) is 0 Å². The van der Waals surface area contributed by atoms with Crippen molar-refractivity contribution in [2.24, 2.45) is 7.05 Å². The highest BCUT2D eigenvalue weighted by Gasteiger charge is 2.41.